The maximum absolute atomic E-state index is 12.3. The number of carbonyl (C=O) groups excluding carboxylic acids is 1. The average Bonchev–Trinajstić information content (AvgIpc) is 2.39. The number of sulfonamides is 1. The van der Waals surface area contributed by atoms with Crippen LogP contribution in [0.2, 0.25) is 0 Å². The van der Waals surface area contributed by atoms with E-state index in [9.17, 15) is 13.2 Å². The predicted molar refractivity (Wildman–Crippen MR) is 75.9 cm³/mol. The normalized spacial score (nSPS) is 19.8. The molecule has 7 heteroatoms. The molecule has 1 aromatic rings. The van der Waals surface area contributed by atoms with Crippen LogP contribution in [0.25, 0.3) is 0 Å². The fourth-order valence-electron chi connectivity index (χ4n) is 2.27. The molecule has 0 radical (unpaired) electrons. The number of rotatable bonds is 4. The van der Waals surface area contributed by atoms with Crippen molar-refractivity contribution in [2.75, 3.05) is 13.1 Å². The van der Waals surface area contributed by atoms with Gasteiger partial charge in [-0.15, -0.1) is 0 Å². The lowest BCUT2D eigenvalue weighted by Crippen LogP contribution is -2.45. The minimum Gasteiger partial charge on any atom is -0.366 e. The van der Waals surface area contributed by atoms with Crippen molar-refractivity contribution in [2.24, 2.45) is 5.73 Å². The molecule has 0 aliphatic carbocycles. The van der Waals surface area contributed by atoms with Gasteiger partial charge in [0.15, 0.2) is 0 Å². The van der Waals surface area contributed by atoms with E-state index in [2.05, 4.69) is 10.0 Å². The van der Waals surface area contributed by atoms with Gasteiger partial charge in [-0.2, -0.15) is 0 Å². The Hall–Kier alpha value is -1.44. The lowest BCUT2D eigenvalue weighted by Gasteiger charge is -2.23. The quantitative estimate of drug-likeness (QED) is 0.735. The Bertz CT molecular complexity index is 607. The Morgan fingerprint density at radius 2 is 2.20 bits per heavy atom. The summed E-state index contributed by atoms with van der Waals surface area (Å²) in [6.07, 6.45) is 1.74. The van der Waals surface area contributed by atoms with Crippen LogP contribution in [-0.4, -0.2) is 33.5 Å². The molecular weight excluding hydrogens is 278 g/mol. The van der Waals surface area contributed by atoms with Gasteiger partial charge < -0.3 is 11.1 Å². The van der Waals surface area contributed by atoms with Crippen LogP contribution in [0.15, 0.2) is 23.1 Å². The number of nitrogens with one attached hydrogen (secondary N) is 2. The van der Waals surface area contributed by atoms with E-state index in [4.69, 9.17) is 5.73 Å². The van der Waals surface area contributed by atoms with Crippen LogP contribution in [0, 0.1) is 6.92 Å². The van der Waals surface area contributed by atoms with Crippen molar-refractivity contribution in [3.8, 4) is 0 Å². The van der Waals surface area contributed by atoms with E-state index in [1.165, 1.54) is 12.1 Å². The number of hydrogen-bond donors (Lipinski definition) is 3. The first-order valence-electron chi connectivity index (χ1n) is 6.53. The highest BCUT2D eigenvalue weighted by Crippen LogP contribution is 2.16. The van der Waals surface area contributed by atoms with Gasteiger partial charge >= 0.3 is 0 Å². The molecule has 0 unspecified atom stereocenters. The van der Waals surface area contributed by atoms with Crippen molar-refractivity contribution >= 4 is 15.9 Å². The second kappa shape index (κ2) is 5.90. The monoisotopic (exact) mass is 297 g/mol. The number of hydrogen-bond acceptors (Lipinski definition) is 4. The van der Waals surface area contributed by atoms with E-state index >= 15 is 0 Å². The molecule has 1 amide bonds. The number of piperidine rings is 1. The summed E-state index contributed by atoms with van der Waals surface area (Å²) in [5.74, 6) is -0.626. The molecular formula is C13H19N3O3S. The maximum atomic E-state index is 12.3. The summed E-state index contributed by atoms with van der Waals surface area (Å²) in [6.45, 7) is 3.25. The zero-order valence-corrected chi connectivity index (χ0v) is 12.2. The fourth-order valence-corrected chi connectivity index (χ4v) is 3.57. The zero-order valence-electron chi connectivity index (χ0n) is 11.3. The summed E-state index contributed by atoms with van der Waals surface area (Å²) in [6, 6.07) is 4.29. The van der Waals surface area contributed by atoms with Crippen molar-refractivity contribution < 1.29 is 13.2 Å². The first kappa shape index (κ1) is 15.0. The molecule has 1 aliphatic heterocycles. The number of carbonyl (C=O) groups is 1. The van der Waals surface area contributed by atoms with Crippen LogP contribution in [0.5, 0.6) is 0 Å². The second-order valence-corrected chi connectivity index (χ2v) is 6.72. The number of aryl methyl sites for hydroxylation is 1. The van der Waals surface area contributed by atoms with Gasteiger partial charge in [0.2, 0.25) is 15.9 Å². The lowest BCUT2D eigenvalue weighted by molar-refractivity contribution is 0.0999. The molecule has 110 valence electrons. The molecule has 1 atom stereocenters. The molecule has 1 saturated heterocycles. The van der Waals surface area contributed by atoms with Crippen molar-refractivity contribution in [1.82, 2.24) is 10.0 Å². The third kappa shape index (κ3) is 3.36. The van der Waals surface area contributed by atoms with Gasteiger partial charge in [0, 0.05) is 18.2 Å². The number of primary amides is 1. The topological polar surface area (TPSA) is 101 Å². The molecule has 6 nitrogen and oxygen atoms in total. The van der Waals surface area contributed by atoms with Gasteiger partial charge in [-0.05, 0) is 44.0 Å². The van der Waals surface area contributed by atoms with Crippen molar-refractivity contribution in [3.05, 3.63) is 29.3 Å². The maximum Gasteiger partial charge on any atom is 0.249 e. The number of benzene rings is 1. The average molecular weight is 297 g/mol. The summed E-state index contributed by atoms with van der Waals surface area (Å²) < 4.78 is 27.2. The highest BCUT2D eigenvalue weighted by atomic mass is 32.2. The van der Waals surface area contributed by atoms with E-state index in [1.54, 1.807) is 13.0 Å². The van der Waals surface area contributed by atoms with Crippen LogP contribution in [0.1, 0.15) is 28.8 Å². The Kier molecular flexibility index (Phi) is 4.42. The molecule has 1 aliphatic rings. The summed E-state index contributed by atoms with van der Waals surface area (Å²) in [4.78, 5) is 11.4. The molecule has 0 aromatic heterocycles. The standard InChI is InChI=1S/C13H19N3O3S/c1-9-4-5-11(7-12(9)13(14)17)20(18,19)16-10-3-2-6-15-8-10/h4-5,7,10,15-16H,2-3,6,8H2,1H3,(H2,14,17)/t10-/m0/s1. The Labute approximate surface area is 118 Å². The fraction of sp³-hybridized carbons (Fsp3) is 0.462. The smallest absolute Gasteiger partial charge is 0.249 e. The first-order chi connectivity index (χ1) is 9.40. The molecule has 0 spiro atoms. The molecule has 1 aromatic carbocycles. The predicted octanol–water partition coefficient (Wildman–Crippen LogP) is 0.124. The molecule has 1 heterocycles. The Morgan fingerprint density at radius 3 is 2.80 bits per heavy atom. The lowest BCUT2D eigenvalue weighted by atomic mass is 10.1. The van der Waals surface area contributed by atoms with Crippen molar-refractivity contribution in [1.29, 1.82) is 0 Å². The highest BCUT2D eigenvalue weighted by molar-refractivity contribution is 7.89. The highest BCUT2D eigenvalue weighted by Gasteiger charge is 2.22. The molecule has 20 heavy (non-hydrogen) atoms. The minimum absolute atomic E-state index is 0.0717. The van der Waals surface area contributed by atoms with Gasteiger partial charge in [0.25, 0.3) is 0 Å². The van der Waals surface area contributed by atoms with E-state index in [-0.39, 0.29) is 16.5 Å². The molecule has 2 rings (SSSR count). The van der Waals surface area contributed by atoms with Crippen LogP contribution in [0.4, 0.5) is 0 Å². The third-order valence-electron chi connectivity index (χ3n) is 3.40. The molecule has 0 bridgehead atoms. The van der Waals surface area contributed by atoms with Gasteiger partial charge in [0.05, 0.1) is 4.90 Å². The Morgan fingerprint density at radius 1 is 1.45 bits per heavy atom. The van der Waals surface area contributed by atoms with E-state index in [1.807, 2.05) is 0 Å². The van der Waals surface area contributed by atoms with Gasteiger partial charge in [-0.25, -0.2) is 13.1 Å². The third-order valence-corrected chi connectivity index (χ3v) is 4.92. The SMILES string of the molecule is Cc1ccc(S(=O)(=O)N[C@H]2CCCNC2)cc1C(N)=O. The van der Waals surface area contributed by atoms with Gasteiger partial charge in [-0.1, -0.05) is 6.07 Å². The molecule has 4 N–H and O–H groups in total. The van der Waals surface area contributed by atoms with Crippen LogP contribution in [-0.2, 0) is 10.0 Å². The number of nitrogens with two attached hydrogens (primary N) is 1. The molecule has 1 fully saturated rings. The van der Waals surface area contributed by atoms with Crippen LogP contribution >= 0.6 is 0 Å². The Balaban J connectivity index is 2.24. The number of amides is 1. The summed E-state index contributed by atoms with van der Waals surface area (Å²) in [7, 11) is -3.63. The van der Waals surface area contributed by atoms with Crippen LogP contribution in [0.3, 0.4) is 0 Å². The minimum atomic E-state index is -3.63. The van der Waals surface area contributed by atoms with Crippen molar-refractivity contribution in [3.63, 3.8) is 0 Å². The van der Waals surface area contributed by atoms with E-state index < -0.39 is 15.9 Å². The summed E-state index contributed by atoms with van der Waals surface area (Å²) in [5.41, 5.74) is 6.14. The summed E-state index contributed by atoms with van der Waals surface area (Å²) in [5, 5.41) is 3.15. The van der Waals surface area contributed by atoms with Crippen LogP contribution < -0.4 is 15.8 Å². The second-order valence-electron chi connectivity index (χ2n) is 5.01. The van der Waals surface area contributed by atoms with Gasteiger partial charge in [-0.3, -0.25) is 4.79 Å². The summed E-state index contributed by atoms with van der Waals surface area (Å²) >= 11 is 0. The van der Waals surface area contributed by atoms with E-state index in [0.717, 1.165) is 19.4 Å². The van der Waals surface area contributed by atoms with E-state index in [0.29, 0.717) is 12.1 Å². The zero-order chi connectivity index (χ0) is 14.8. The van der Waals surface area contributed by atoms with Gasteiger partial charge in [0.1, 0.15) is 0 Å². The first-order valence-corrected chi connectivity index (χ1v) is 8.02. The largest absolute Gasteiger partial charge is 0.366 e. The molecule has 0 saturated carbocycles. The van der Waals surface area contributed by atoms with Crippen molar-refractivity contribution in [2.45, 2.75) is 30.7 Å².